The van der Waals surface area contributed by atoms with E-state index in [0.29, 0.717) is 23.7 Å². The molecule has 1 amide bonds. The maximum atomic E-state index is 14.0. The number of carbonyl (C=O) groups is 1. The fourth-order valence-corrected chi connectivity index (χ4v) is 6.01. The minimum Gasteiger partial charge on any atom is -0.494 e. The molecule has 0 aliphatic carbocycles. The number of amides is 1. The second kappa shape index (κ2) is 11.9. The first kappa shape index (κ1) is 31.5. The van der Waals surface area contributed by atoms with E-state index in [4.69, 9.17) is 4.74 Å². The Morgan fingerprint density at radius 2 is 1.82 bits per heavy atom. The van der Waals surface area contributed by atoms with Crippen LogP contribution in [-0.2, 0) is 29.2 Å². The number of carbonyl (C=O) groups excluding carboxylic acids is 1. The normalized spacial score (nSPS) is 16.9. The zero-order chi connectivity index (χ0) is 31.9. The Bertz CT molecular complexity index is 1530. The second-order valence-corrected chi connectivity index (χ2v) is 12.6. The van der Waals surface area contributed by atoms with Crippen LogP contribution in [0.3, 0.4) is 0 Å². The third kappa shape index (κ3) is 6.76. The van der Waals surface area contributed by atoms with E-state index in [-0.39, 0.29) is 30.4 Å². The molecule has 0 spiro atoms. The minimum absolute atomic E-state index is 0.00226. The lowest BCUT2D eigenvalue weighted by molar-refractivity contribution is -0.138. The monoisotopic (exact) mass is 612 g/mol. The predicted molar refractivity (Wildman–Crippen MR) is 164 cm³/mol. The third-order valence-corrected chi connectivity index (χ3v) is 8.18. The molecule has 12 heteroatoms. The number of aromatic nitrogens is 2. The molecule has 2 aliphatic heterocycles. The molecule has 0 unspecified atom stereocenters. The highest BCUT2D eigenvalue weighted by atomic mass is 19.4. The Morgan fingerprint density at radius 1 is 1.09 bits per heavy atom. The fourth-order valence-electron chi connectivity index (χ4n) is 6.01. The van der Waals surface area contributed by atoms with Gasteiger partial charge in [-0.25, -0.2) is 9.97 Å². The Hall–Kier alpha value is -3.90. The molecule has 44 heavy (non-hydrogen) atoms. The largest absolute Gasteiger partial charge is 0.494 e. The van der Waals surface area contributed by atoms with Gasteiger partial charge in [-0.05, 0) is 69.9 Å². The van der Waals surface area contributed by atoms with Crippen molar-refractivity contribution in [1.82, 2.24) is 14.9 Å². The Labute approximate surface area is 255 Å². The van der Waals surface area contributed by atoms with Crippen molar-refractivity contribution in [3.63, 3.8) is 0 Å². The van der Waals surface area contributed by atoms with Gasteiger partial charge < -0.3 is 25.4 Å². The van der Waals surface area contributed by atoms with E-state index < -0.39 is 22.8 Å². The van der Waals surface area contributed by atoms with Gasteiger partial charge in [-0.2, -0.15) is 13.2 Å². The highest BCUT2D eigenvalue weighted by molar-refractivity contribution is 6.06. The summed E-state index contributed by atoms with van der Waals surface area (Å²) in [5, 5.41) is 16.0. The first-order valence-electron chi connectivity index (χ1n) is 14.7. The number of aryl methyl sites for hydroxylation is 2. The number of nitrogens with one attached hydrogen (secondary N) is 2. The number of aliphatic hydroxyl groups is 1. The van der Waals surface area contributed by atoms with Crippen LogP contribution in [0, 0.1) is 0 Å². The van der Waals surface area contributed by atoms with Crippen LogP contribution in [0.2, 0.25) is 0 Å². The smallest absolute Gasteiger partial charge is 0.419 e. The fraction of sp³-hybridized carbons (Fsp3) is 0.469. The van der Waals surface area contributed by atoms with Crippen LogP contribution in [0.1, 0.15) is 50.1 Å². The van der Waals surface area contributed by atoms with Gasteiger partial charge in [0, 0.05) is 56.4 Å². The number of rotatable bonds is 9. The van der Waals surface area contributed by atoms with Gasteiger partial charge in [0.2, 0.25) is 11.9 Å². The first-order chi connectivity index (χ1) is 20.7. The molecule has 2 aromatic carbocycles. The quantitative estimate of drug-likeness (QED) is 0.305. The van der Waals surface area contributed by atoms with Gasteiger partial charge in [0.05, 0.1) is 35.1 Å². The van der Waals surface area contributed by atoms with Crippen molar-refractivity contribution in [2.24, 2.45) is 0 Å². The molecule has 0 bridgehead atoms. The van der Waals surface area contributed by atoms with Gasteiger partial charge in [-0.1, -0.05) is 12.1 Å². The maximum absolute atomic E-state index is 14.0. The van der Waals surface area contributed by atoms with E-state index >= 15 is 0 Å². The summed E-state index contributed by atoms with van der Waals surface area (Å²) < 4.78 is 47.5. The van der Waals surface area contributed by atoms with E-state index in [1.807, 2.05) is 32.0 Å². The van der Waals surface area contributed by atoms with E-state index in [0.717, 1.165) is 49.2 Å². The number of halogens is 3. The van der Waals surface area contributed by atoms with Gasteiger partial charge in [-0.3, -0.25) is 9.69 Å². The molecule has 5 rings (SSSR count). The van der Waals surface area contributed by atoms with Gasteiger partial charge >= 0.3 is 6.18 Å². The summed E-state index contributed by atoms with van der Waals surface area (Å²) in [5.74, 6) is 0.387. The maximum Gasteiger partial charge on any atom is 0.419 e. The number of nitrogens with zero attached hydrogens (tertiary/aromatic N) is 4. The summed E-state index contributed by atoms with van der Waals surface area (Å²) in [6.45, 7) is 11.0. The standard InChI is InChI=1S/C32H39F3N6O3/c1-30(2,43)19-40-13-15-41(16-14-40)21-10-12-24(26(17-21)44-5)39-29-36-18-22(32(33,34)35)23(38-29)11-9-20-7-6-8-25-27(20)31(3,4)28(42)37-25/h6-8,10,12,17-18,43H,9,11,13-16,19H2,1-5H3,(H,37,42)(H,36,38,39). The number of hydrogen-bond donors (Lipinski definition) is 3. The van der Waals surface area contributed by atoms with Crippen molar-refractivity contribution in [1.29, 1.82) is 0 Å². The summed E-state index contributed by atoms with van der Waals surface area (Å²) in [4.78, 5) is 25.2. The topological polar surface area (TPSA) is 103 Å². The number of alkyl halides is 3. The van der Waals surface area contributed by atoms with Crippen LogP contribution in [0.25, 0.3) is 0 Å². The SMILES string of the molecule is COc1cc(N2CCN(CC(C)(C)O)CC2)ccc1Nc1ncc(C(F)(F)F)c(CCc2cccc3c2C(C)(C)C(=O)N3)n1. The van der Waals surface area contributed by atoms with Crippen molar-refractivity contribution < 1.29 is 27.8 Å². The van der Waals surface area contributed by atoms with Gasteiger partial charge in [0.15, 0.2) is 0 Å². The first-order valence-corrected chi connectivity index (χ1v) is 14.7. The number of β-amino-alcohol motifs (C(OH)–C–C–N with tert-alkyl or cyclic N) is 1. The number of hydrogen-bond acceptors (Lipinski definition) is 8. The molecule has 3 aromatic rings. The lowest BCUT2D eigenvalue weighted by Gasteiger charge is -2.38. The lowest BCUT2D eigenvalue weighted by atomic mass is 9.82. The molecule has 0 saturated carbocycles. The van der Waals surface area contributed by atoms with Gasteiger partial charge in [0.25, 0.3) is 0 Å². The molecular weight excluding hydrogens is 573 g/mol. The Kier molecular flexibility index (Phi) is 8.52. The molecule has 3 N–H and O–H groups in total. The summed E-state index contributed by atoms with van der Waals surface area (Å²) >= 11 is 0. The number of ether oxygens (including phenoxy) is 1. The van der Waals surface area contributed by atoms with E-state index in [9.17, 15) is 23.1 Å². The third-order valence-electron chi connectivity index (χ3n) is 8.18. The van der Waals surface area contributed by atoms with Crippen LogP contribution >= 0.6 is 0 Å². The summed E-state index contributed by atoms with van der Waals surface area (Å²) in [6, 6.07) is 11.0. The van der Waals surface area contributed by atoms with Crippen molar-refractivity contribution in [3.05, 3.63) is 65.0 Å². The Morgan fingerprint density at radius 3 is 2.48 bits per heavy atom. The molecule has 1 fully saturated rings. The summed E-state index contributed by atoms with van der Waals surface area (Å²) in [6.07, 6.45) is -3.55. The highest BCUT2D eigenvalue weighted by Crippen LogP contribution is 2.40. The zero-order valence-corrected chi connectivity index (χ0v) is 25.7. The predicted octanol–water partition coefficient (Wildman–Crippen LogP) is 5.16. The molecule has 9 nitrogen and oxygen atoms in total. The van der Waals surface area contributed by atoms with E-state index in [1.54, 1.807) is 32.0 Å². The van der Waals surface area contributed by atoms with Crippen molar-refractivity contribution in [2.75, 3.05) is 55.4 Å². The van der Waals surface area contributed by atoms with Crippen LogP contribution in [-0.4, -0.2) is 71.3 Å². The van der Waals surface area contributed by atoms with Crippen molar-refractivity contribution in [3.8, 4) is 5.75 Å². The Balaban J connectivity index is 1.34. The molecule has 0 atom stereocenters. The minimum atomic E-state index is -4.63. The number of piperazine rings is 1. The summed E-state index contributed by atoms with van der Waals surface area (Å²) in [7, 11) is 1.53. The zero-order valence-electron chi connectivity index (χ0n) is 25.7. The average molecular weight is 613 g/mol. The molecule has 0 radical (unpaired) electrons. The molecule has 236 valence electrons. The molecule has 2 aliphatic rings. The van der Waals surface area contributed by atoms with Crippen molar-refractivity contribution >= 4 is 28.9 Å². The second-order valence-electron chi connectivity index (χ2n) is 12.6. The van der Waals surface area contributed by atoms with E-state index in [1.165, 1.54) is 7.11 Å². The van der Waals surface area contributed by atoms with Crippen molar-refractivity contribution in [2.45, 2.75) is 57.7 Å². The van der Waals surface area contributed by atoms with Crippen LogP contribution in [0.5, 0.6) is 5.75 Å². The van der Waals surface area contributed by atoms with Gasteiger partial charge in [0.1, 0.15) is 5.75 Å². The average Bonchev–Trinajstić information content (AvgIpc) is 3.19. The summed E-state index contributed by atoms with van der Waals surface area (Å²) in [5.41, 5.74) is 1.19. The number of fused-ring (bicyclic) bond motifs is 1. The van der Waals surface area contributed by atoms with E-state index in [2.05, 4.69) is 30.4 Å². The number of methoxy groups -OCH3 is 1. The van der Waals surface area contributed by atoms with Crippen LogP contribution in [0.4, 0.5) is 36.2 Å². The number of benzene rings is 2. The molecule has 1 saturated heterocycles. The highest BCUT2D eigenvalue weighted by Gasteiger charge is 2.40. The van der Waals surface area contributed by atoms with Gasteiger partial charge in [-0.15, -0.1) is 0 Å². The number of anilines is 4. The molecular formula is C32H39F3N6O3. The lowest BCUT2D eigenvalue weighted by Crippen LogP contribution is -2.50. The molecule has 3 heterocycles. The molecule has 1 aromatic heterocycles. The van der Waals surface area contributed by atoms with Crippen LogP contribution in [0.15, 0.2) is 42.6 Å². The van der Waals surface area contributed by atoms with Crippen LogP contribution < -0.4 is 20.3 Å².